The second kappa shape index (κ2) is 10.5. The minimum absolute atomic E-state index is 0.00362. The molecule has 10 heteroatoms. The molecule has 0 unspecified atom stereocenters. The van der Waals surface area contributed by atoms with Crippen molar-refractivity contribution in [2.24, 2.45) is 5.73 Å². The molecule has 0 aliphatic heterocycles. The van der Waals surface area contributed by atoms with Crippen LogP contribution in [0.15, 0.2) is 47.4 Å². The average Bonchev–Trinajstić information content (AvgIpc) is 2.67. The summed E-state index contributed by atoms with van der Waals surface area (Å²) >= 11 is 0. The molecule has 2 rings (SSSR count). The van der Waals surface area contributed by atoms with E-state index >= 15 is 0 Å². The van der Waals surface area contributed by atoms with E-state index in [1.807, 2.05) is 0 Å². The van der Waals surface area contributed by atoms with Gasteiger partial charge in [-0.15, -0.1) is 0 Å². The molecule has 0 radical (unpaired) electrons. The van der Waals surface area contributed by atoms with Gasteiger partial charge in [-0.25, -0.2) is 8.42 Å². The van der Waals surface area contributed by atoms with E-state index in [2.05, 4.69) is 4.72 Å². The zero-order valence-corrected chi connectivity index (χ0v) is 17.3. The summed E-state index contributed by atoms with van der Waals surface area (Å²) < 4.78 is 39.0. The molecule has 0 aromatic heterocycles. The van der Waals surface area contributed by atoms with Gasteiger partial charge < -0.3 is 20.3 Å². The van der Waals surface area contributed by atoms with Crippen LogP contribution in [0.5, 0.6) is 11.5 Å². The number of para-hydroxylation sites is 2. The van der Waals surface area contributed by atoms with Crippen molar-refractivity contribution in [1.29, 1.82) is 0 Å². The number of carboxylic acid groups (broad SMARTS) is 1. The summed E-state index contributed by atoms with van der Waals surface area (Å²) in [4.78, 5) is 21.4. The first kappa shape index (κ1) is 23.0. The molecule has 162 valence electrons. The molecule has 9 nitrogen and oxygen atoms in total. The Kier molecular flexibility index (Phi) is 8.05. The minimum Gasteiger partial charge on any atom is -0.493 e. The van der Waals surface area contributed by atoms with Gasteiger partial charge >= 0.3 is 5.97 Å². The lowest BCUT2D eigenvalue weighted by Crippen LogP contribution is -2.16. The van der Waals surface area contributed by atoms with Crippen LogP contribution in [0, 0.1) is 6.92 Å². The molecule has 30 heavy (non-hydrogen) atoms. The van der Waals surface area contributed by atoms with Crippen LogP contribution >= 0.6 is 0 Å². The van der Waals surface area contributed by atoms with Gasteiger partial charge in [0.2, 0.25) is 5.91 Å². The van der Waals surface area contributed by atoms with Crippen LogP contribution in [0.3, 0.4) is 0 Å². The van der Waals surface area contributed by atoms with Gasteiger partial charge in [-0.1, -0.05) is 12.1 Å². The van der Waals surface area contributed by atoms with E-state index in [-0.39, 0.29) is 42.4 Å². The van der Waals surface area contributed by atoms with E-state index in [9.17, 15) is 18.0 Å². The number of primary amides is 1. The number of carbonyl (C=O) groups excluding carboxylic acids is 1. The fourth-order valence-electron chi connectivity index (χ4n) is 2.50. The van der Waals surface area contributed by atoms with Crippen molar-refractivity contribution < 1.29 is 32.6 Å². The van der Waals surface area contributed by atoms with Gasteiger partial charge in [-0.3, -0.25) is 14.3 Å². The van der Waals surface area contributed by atoms with E-state index in [1.165, 1.54) is 18.2 Å². The Hall–Kier alpha value is -3.27. The number of rotatable bonds is 12. The maximum Gasteiger partial charge on any atom is 0.303 e. The molecule has 2 aromatic rings. The Morgan fingerprint density at radius 1 is 1.03 bits per heavy atom. The molecule has 4 N–H and O–H groups in total. The highest BCUT2D eigenvalue weighted by atomic mass is 32.2. The molecule has 0 spiro atoms. The van der Waals surface area contributed by atoms with Crippen molar-refractivity contribution in [3.8, 4) is 11.5 Å². The number of hydrogen-bond acceptors (Lipinski definition) is 6. The smallest absolute Gasteiger partial charge is 0.303 e. The van der Waals surface area contributed by atoms with Crippen LogP contribution in [0.25, 0.3) is 0 Å². The Morgan fingerprint density at radius 2 is 1.73 bits per heavy atom. The lowest BCUT2D eigenvalue weighted by Gasteiger charge is -2.14. The lowest BCUT2D eigenvalue weighted by atomic mass is 10.2. The Morgan fingerprint density at radius 3 is 2.40 bits per heavy atom. The fraction of sp³-hybridized carbons (Fsp3) is 0.300. The zero-order chi connectivity index (χ0) is 22.1. The van der Waals surface area contributed by atoms with E-state index < -0.39 is 21.9 Å². The molecule has 0 saturated carbocycles. The van der Waals surface area contributed by atoms with Crippen molar-refractivity contribution in [3.63, 3.8) is 0 Å². The van der Waals surface area contributed by atoms with Crippen molar-refractivity contribution in [2.45, 2.75) is 31.1 Å². The van der Waals surface area contributed by atoms with E-state index in [4.69, 9.17) is 20.3 Å². The maximum atomic E-state index is 12.8. The third kappa shape index (κ3) is 6.96. The number of carbonyl (C=O) groups is 2. The second-order valence-electron chi connectivity index (χ2n) is 6.44. The number of anilines is 1. The standard InChI is InChI=1S/C20H24N2O7S/c1-14-13-15(8-9-17(14)28-11-4-7-20(24)25)30(26,27)22-16-5-2-3-6-18(16)29-12-10-19(21)23/h2-3,5-6,8-9,13,22H,4,7,10-12H2,1H3,(H2,21,23)(H,24,25). The molecule has 1 amide bonds. The molecule has 0 aliphatic carbocycles. The number of carboxylic acids is 1. The fourth-order valence-corrected chi connectivity index (χ4v) is 3.65. The number of aliphatic carboxylic acids is 1. The van der Waals surface area contributed by atoms with Crippen LogP contribution in [0.1, 0.15) is 24.8 Å². The average molecular weight is 436 g/mol. The summed E-state index contributed by atoms with van der Waals surface area (Å²) in [6.07, 6.45) is 0.355. The molecule has 0 saturated heterocycles. The number of hydrogen-bond donors (Lipinski definition) is 3. The first-order valence-electron chi connectivity index (χ1n) is 9.17. The largest absolute Gasteiger partial charge is 0.493 e. The second-order valence-corrected chi connectivity index (χ2v) is 8.12. The van der Waals surface area contributed by atoms with Gasteiger partial charge in [0, 0.05) is 6.42 Å². The normalized spacial score (nSPS) is 11.0. The highest BCUT2D eigenvalue weighted by Crippen LogP contribution is 2.28. The predicted octanol–water partition coefficient (Wildman–Crippen LogP) is 2.29. The molecule has 0 fully saturated rings. The molecule has 2 aromatic carbocycles. The van der Waals surface area contributed by atoms with Crippen molar-refractivity contribution in [2.75, 3.05) is 17.9 Å². The topological polar surface area (TPSA) is 145 Å². The van der Waals surface area contributed by atoms with E-state index in [0.717, 1.165) is 0 Å². The number of ether oxygens (including phenoxy) is 2. The van der Waals surface area contributed by atoms with Crippen LogP contribution < -0.4 is 19.9 Å². The lowest BCUT2D eigenvalue weighted by molar-refractivity contribution is -0.137. The van der Waals surface area contributed by atoms with Crippen LogP contribution in [-0.2, 0) is 19.6 Å². The highest BCUT2D eigenvalue weighted by Gasteiger charge is 2.18. The Balaban J connectivity index is 2.10. The molecular weight excluding hydrogens is 412 g/mol. The zero-order valence-electron chi connectivity index (χ0n) is 16.5. The van der Waals surface area contributed by atoms with Crippen LogP contribution in [-0.4, -0.2) is 38.6 Å². The molecule has 0 heterocycles. The van der Waals surface area contributed by atoms with Crippen LogP contribution in [0.4, 0.5) is 5.69 Å². The summed E-state index contributed by atoms with van der Waals surface area (Å²) in [5.41, 5.74) is 5.91. The SMILES string of the molecule is Cc1cc(S(=O)(=O)Nc2ccccc2OCCC(N)=O)ccc1OCCCC(=O)O. The first-order chi connectivity index (χ1) is 14.2. The maximum absolute atomic E-state index is 12.8. The van der Waals surface area contributed by atoms with Crippen molar-refractivity contribution >= 4 is 27.6 Å². The number of benzene rings is 2. The first-order valence-corrected chi connectivity index (χ1v) is 10.7. The number of sulfonamides is 1. The van der Waals surface area contributed by atoms with Gasteiger partial charge in [-0.05, 0) is 49.2 Å². The molecule has 0 atom stereocenters. The summed E-state index contributed by atoms with van der Waals surface area (Å²) in [5, 5.41) is 8.65. The van der Waals surface area contributed by atoms with Crippen molar-refractivity contribution in [3.05, 3.63) is 48.0 Å². The van der Waals surface area contributed by atoms with Gasteiger partial charge in [0.15, 0.2) is 0 Å². The predicted molar refractivity (Wildman–Crippen MR) is 110 cm³/mol. The number of nitrogens with two attached hydrogens (primary N) is 1. The molecular formula is C20H24N2O7S. The minimum atomic E-state index is -3.91. The summed E-state index contributed by atoms with van der Waals surface area (Å²) in [6.45, 7) is 1.95. The summed E-state index contributed by atoms with van der Waals surface area (Å²) in [5.74, 6) is -0.664. The molecule has 0 aliphatic rings. The van der Waals surface area contributed by atoms with Gasteiger partial charge in [-0.2, -0.15) is 0 Å². The van der Waals surface area contributed by atoms with Gasteiger partial charge in [0.05, 0.1) is 30.2 Å². The Labute approximate surface area is 174 Å². The third-order valence-corrected chi connectivity index (χ3v) is 5.35. The van der Waals surface area contributed by atoms with E-state index in [1.54, 1.807) is 31.2 Å². The van der Waals surface area contributed by atoms with Gasteiger partial charge in [0.1, 0.15) is 11.5 Å². The van der Waals surface area contributed by atoms with Crippen molar-refractivity contribution in [1.82, 2.24) is 0 Å². The third-order valence-electron chi connectivity index (χ3n) is 3.99. The monoisotopic (exact) mass is 436 g/mol. The van der Waals surface area contributed by atoms with E-state index in [0.29, 0.717) is 17.7 Å². The van der Waals surface area contributed by atoms with Gasteiger partial charge in [0.25, 0.3) is 10.0 Å². The highest BCUT2D eigenvalue weighted by molar-refractivity contribution is 7.92. The van der Waals surface area contributed by atoms with Crippen LogP contribution in [0.2, 0.25) is 0 Å². The number of aryl methyl sites for hydroxylation is 1. The quantitative estimate of drug-likeness (QED) is 0.433. The number of nitrogens with one attached hydrogen (secondary N) is 1. The number of amides is 1. The summed E-state index contributed by atoms with van der Waals surface area (Å²) in [7, 11) is -3.91. The summed E-state index contributed by atoms with van der Waals surface area (Å²) in [6, 6.07) is 10.8. The Bertz CT molecular complexity index is 1010. The molecule has 0 bridgehead atoms.